The number of β-lactam (4-membered cyclic amide) rings is 1. The maximum Gasteiger partial charge on any atom is 1.00 e. The topological polar surface area (TPSA) is 98.5 Å². The Balaban J connectivity index is 0.00000225. The van der Waals surface area contributed by atoms with Crippen LogP contribution in [0.25, 0.3) is 5.57 Å². The zero-order valence-electron chi connectivity index (χ0n) is 14.9. The molecule has 1 aromatic heterocycles. The summed E-state index contributed by atoms with van der Waals surface area (Å²) in [4.78, 5) is 25.0. The number of aromatic nitrogens is 2. The van der Waals surface area contributed by atoms with Gasteiger partial charge in [-0.25, -0.2) is 0 Å². The minimum absolute atomic E-state index is 0. The van der Waals surface area contributed by atoms with E-state index in [1.807, 2.05) is 23.9 Å². The van der Waals surface area contributed by atoms with Crippen LogP contribution in [0.1, 0.15) is 24.7 Å². The van der Waals surface area contributed by atoms with Crippen molar-refractivity contribution in [3.05, 3.63) is 23.2 Å². The molecule has 9 heteroatoms. The summed E-state index contributed by atoms with van der Waals surface area (Å²) < 4.78 is 1.84. The van der Waals surface area contributed by atoms with Crippen LogP contribution in [0.2, 0.25) is 0 Å². The quantitative estimate of drug-likeness (QED) is 0.413. The van der Waals surface area contributed by atoms with Gasteiger partial charge in [-0.2, -0.15) is 16.9 Å². The summed E-state index contributed by atoms with van der Waals surface area (Å²) in [6.45, 7) is 4.21. The molecule has 130 valence electrons. The number of nitrogens with zero attached hydrogens (tertiary/aromatic N) is 3. The van der Waals surface area contributed by atoms with Crippen molar-refractivity contribution in [3.8, 4) is 0 Å². The third-order valence-electron chi connectivity index (χ3n) is 4.72. The first-order chi connectivity index (χ1) is 11.4. The predicted molar refractivity (Wildman–Crippen MR) is 87.7 cm³/mol. The van der Waals surface area contributed by atoms with Crippen LogP contribution in [0.3, 0.4) is 0 Å². The van der Waals surface area contributed by atoms with E-state index in [-0.39, 0.29) is 47.2 Å². The number of carboxylic acid groups (broad SMARTS) is 1. The van der Waals surface area contributed by atoms with Gasteiger partial charge in [-0.3, -0.25) is 9.48 Å². The fourth-order valence-corrected chi connectivity index (χ4v) is 3.91. The maximum atomic E-state index is 12.2. The number of fused-ring (bicyclic) bond motifs is 1. The number of rotatable bonds is 6. The van der Waals surface area contributed by atoms with Crippen molar-refractivity contribution in [2.75, 3.05) is 12.0 Å². The minimum Gasteiger partial charge on any atom is -0.543 e. The summed E-state index contributed by atoms with van der Waals surface area (Å²) in [6, 6.07) is 1.52. The van der Waals surface area contributed by atoms with Gasteiger partial charge in [-0.15, -0.1) is 0 Å². The number of aliphatic hydroxyl groups is 1. The zero-order chi connectivity index (χ0) is 17.6. The molecular formula is C16H20N3NaO4S. The second-order valence-corrected chi connectivity index (χ2v) is 7.23. The molecule has 3 atom stereocenters. The smallest absolute Gasteiger partial charge is 0.543 e. The van der Waals surface area contributed by atoms with E-state index in [0.29, 0.717) is 17.7 Å². The van der Waals surface area contributed by atoms with Gasteiger partial charge < -0.3 is 19.9 Å². The van der Waals surface area contributed by atoms with E-state index >= 15 is 0 Å². The molecule has 2 aliphatic rings. The van der Waals surface area contributed by atoms with Crippen LogP contribution in [-0.2, 0) is 16.1 Å². The van der Waals surface area contributed by atoms with E-state index in [9.17, 15) is 19.8 Å². The summed E-state index contributed by atoms with van der Waals surface area (Å²) in [5, 5.41) is 25.9. The Hall–Kier alpha value is -0.800. The van der Waals surface area contributed by atoms with E-state index in [4.69, 9.17) is 0 Å². The van der Waals surface area contributed by atoms with E-state index in [2.05, 4.69) is 5.10 Å². The fraction of sp³-hybridized carbons (Fsp3) is 0.562. The summed E-state index contributed by atoms with van der Waals surface area (Å²) >= 11 is 1.71. The number of aryl methyl sites for hydroxylation is 2. The van der Waals surface area contributed by atoms with E-state index < -0.39 is 18.0 Å². The van der Waals surface area contributed by atoms with E-state index in [1.54, 1.807) is 18.7 Å². The SMILES string of the molecule is CSCCn1nc(C2=C(C(=O)[O-])N3C(=O)[C@H]([C@@H](C)O)[C@H]3C2)cc1C.[Na+]. The van der Waals surface area contributed by atoms with Gasteiger partial charge in [0.2, 0.25) is 5.91 Å². The number of hydrogen-bond acceptors (Lipinski definition) is 6. The van der Waals surface area contributed by atoms with Crippen LogP contribution in [0.15, 0.2) is 11.8 Å². The number of aliphatic hydroxyl groups excluding tert-OH is 1. The van der Waals surface area contributed by atoms with Crippen LogP contribution >= 0.6 is 11.8 Å². The molecule has 3 heterocycles. The van der Waals surface area contributed by atoms with Gasteiger partial charge in [-0.05, 0) is 32.6 Å². The molecule has 0 bridgehead atoms. The molecule has 1 aromatic rings. The molecular weight excluding hydrogens is 353 g/mol. The minimum atomic E-state index is -1.37. The second-order valence-electron chi connectivity index (χ2n) is 6.25. The summed E-state index contributed by atoms with van der Waals surface area (Å²) in [6.07, 6.45) is 1.59. The largest absolute Gasteiger partial charge is 1.00 e. The second kappa shape index (κ2) is 7.84. The van der Waals surface area contributed by atoms with Crippen molar-refractivity contribution in [3.63, 3.8) is 0 Å². The van der Waals surface area contributed by atoms with Gasteiger partial charge in [0.05, 0.1) is 42.0 Å². The van der Waals surface area contributed by atoms with Gasteiger partial charge in [0.25, 0.3) is 0 Å². The average molecular weight is 373 g/mol. The van der Waals surface area contributed by atoms with Gasteiger partial charge in [0.1, 0.15) is 0 Å². The molecule has 3 rings (SSSR count). The summed E-state index contributed by atoms with van der Waals surface area (Å²) in [5.41, 5.74) is 1.93. The first-order valence-electron chi connectivity index (χ1n) is 7.86. The zero-order valence-corrected chi connectivity index (χ0v) is 17.7. The van der Waals surface area contributed by atoms with Crippen LogP contribution in [-0.4, -0.2) is 55.8 Å². The first kappa shape index (κ1) is 20.5. The van der Waals surface area contributed by atoms with E-state index in [0.717, 1.165) is 18.0 Å². The molecule has 1 fully saturated rings. The molecule has 0 saturated carbocycles. The Labute approximate surface area is 172 Å². The molecule has 1 saturated heterocycles. The van der Waals surface area contributed by atoms with Crippen LogP contribution < -0.4 is 34.7 Å². The molecule has 0 unspecified atom stereocenters. The Morgan fingerprint density at radius 3 is 2.80 bits per heavy atom. The van der Waals surface area contributed by atoms with Crippen LogP contribution in [0, 0.1) is 12.8 Å². The van der Waals surface area contributed by atoms with Gasteiger partial charge in [0.15, 0.2) is 0 Å². The van der Waals surface area contributed by atoms with Crippen molar-refractivity contribution >= 4 is 29.2 Å². The average Bonchev–Trinajstić information content (AvgIpc) is 3.03. The number of carbonyl (C=O) groups is 2. The standard InChI is InChI=1S/C16H21N3O4S.Na/c1-8-6-11(17-18(8)4-5-24-3)10-7-12-13(9(2)20)15(21)19(12)14(10)16(22)23;/h6,9,12-13,20H,4-5,7H2,1-3H3,(H,22,23);/q;+1/p-1/t9-,12-,13-;/m1./s1. The molecule has 0 aliphatic carbocycles. The Kier molecular flexibility index (Phi) is 6.43. The number of thioether (sulfide) groups is 1. The van der Waals surface area contributed by atoms with Gasteiger partial charge >= 0.3 is 29.6 Å². The predicted octanol–water partition coefficient (Wildman–Crippen LogP) is -3.37. The monoisotopic (exact) mass is 373 g/mol. The van der Waals surface area contributed by atoms with Crippen LogP contribution in [0.5, 0.6) is 0 Å². The molecule has 1 N–H and O–H groups in total. The molecule has 25 heavy (non-hydrogen) atoms. The Morgan fingerprint density at radius 1 is 1.56 bits per heavy atom. The van der Waals surface area contributed by atoms with Gasteiger partial charge in [0, 0.05) is 17.0 Å². The van der Waals surface area contributed by atoms with Crippen molar-refractivity contribution in [2.24, 2.45) is 5.92 Å². The van der Waals surface area contributed by atoms with Crippen molar-refractivity contribution in [1.29, 1.82) is 0 Å². The number of carbonyl (C=O) groups excluding carboxylic acids is 2. The summed E-state index contributed by atoms with van der Waals surface area (Å²) in [7, 11) is 0. The molecule has 1 amide bonds. The molecule has 0 aromatic carbocycles. The van der Waals surface area contributed by atoms with Crippen LogP contribution in [0.4, 0.5) is 0 Å². The number of carboxylic acids is 1. The number of aliphatic carboxylic acids is 1. The number of amides is 1. The third-order valence-corrected chi connectivity index (χ3v) is 5.31. The van der Waals surface area contributed by atoms with E-state index in [1.165, 1.54) is 4.90 Å². The Morgan fingerprint density at radius 2 is 2.24 bits per heavy atom. The first-order valence-corrected chi connectivity index (χ1v) is 9.25. The van der Waals surface area contributed by atoms with Crippen molar-refractivity contribution in [1.82, 2.24) is 14.7 Å². The normalized spacial score (nSPS) is 23.2. The Bertz CT molecular complexity index is 731. The molecule has 7 nitrogen and oxygen atoms in total. The van der Waals surface area contributed by atoms with Gasteiger partial charge in [-0.1, -0.05) is 0 Å². The molecule has 0 spiro atoms. The van der Waals surface area contributed by atoms with Crippen molar-refractivity contribution in [2.45, 2.75) is 39.0 Å². The molecule has 2 aliphatic heterocycles. The third kappa shape index (κ3) is 3.42. The van der Waals surface area contributed by atoms with Crippen molar-refractivity contribution < 1.29 is 49.4 Å². The fourth-order valence-electron chi connectivity index (χ4n) is 3.55. The summed E-state index contributed by atoms with van der Waals surface area (Å²) in [5.74, 6) is -1.38. The number of hydrogen-bond donors (Lipinski definition) is 1. The molecule has 0 radical (unpaired) electrons. The maximum absolute atomic E-state index is 12.2.